The van der Waals surface area contributed by atoms with Crippen molar-refractivity contribution in [1.82, 2.24) is 5.32 Å². The van der Waals surface area contributed by atoms with Crippen LogP contribution >= 0.6 is 11.6 Å². The Morgan fingerprint density at radius 3 is 2.73 bits per heavy atom. The number of aryl methyl sites for hydroxylation is 1. The van der Waals surface area contributed by atoms with E-state index in [0.717, 1.165) is 16.7 Å². The van der Waals surface area contributed by atoms with Crippen LogP contribution in [0, 0.1) is 6.92 Å². The van der Waals surface area contributed by atoms with Gasteiger partial charge in [-0.3, -0.25) is 9.59 Å². The highest BCUT2D eigenvalue weighted by atomic mass is 35.5. The fourth-order valence-corrected chi connectivity index (χ4v) is 3.33. The number of hydrogen-bond donors (Lipinski definition) is 2. The van der Waals surface area contributed by atoms with Crippen LogP contribution in [0.25, 0.3) is 6.08 Å². The van der Waals surface area contributed by atoms with E-state index in [4.69, 9.17) is 16.3 Å². The van der Waals surface area contributed by atoms with E-state index < -0.39 is 0 Å². The highest BCUT2D eigenvalue weighted by Gasteiger charge is 2.23. The van der Waals surface area contributed by atoms with Crippen molar-refractivity contribution in [2.75, 3.05) is 5.32 Å². The van der Waals surface area contributed by atoms with Crippen molar-refractivity contribution in [1.29, 1.82) is 0 Å². The second-order valence-electron chi connectivity index (χ2n) is 6.94. The van der Waals surface area contributed by atoms with Crippen molar-refractivity contribution >= 4 is 35.2 Å². The smallest absolute Gasteiger partial charge is 0.291 e. The molecule has 150 valence electrons. The Balaban J connectivity index is 1.49. The van der Waals surface area contributed by atoms with Crippen LogP contribution in [-0.4, -0.2) is 11.8 Å². The van der Waals surface area contributed by atoms with Crippen molar-refractivity contribution in [3.63, 3.8) is 0 Å². The van der Waals surface area contributed by atoms with E-state index in [9.17, 15) is 9.59 Å². The van der Waals surface area contributed by atoms with E-state index in [1.54, 1.807) is 42.5 Å². The van der Waals surface area contributed by atoms with Crippen molar-refractivity contribution in [2.45, 2.75) is 13.5 Å². The Bertz CT molecular complexity index is 1170. The van der Waals surface area contributed by atoms with Gasteiger partial charge in [-0.25, -0.2) is 0 Å². The summed E-state index contributed by atoms with van der Waals surface area (Å²) < 4.78 is 5.74. The Morgan fingerprint density at radius 1 is 1.10 bits per heavy atom. The average molecular weight is 419 g/mol. The molecule has 0 spiro atoms. The minimum Gasteiger partial charge on any atom is -0.449 e. The van der Waals surface area contributed by atoms with E-state index in [1.807, 2.05) is 37.3 Å². The Hall–Kier alpha value is -3.57. The first kappa shape index (κ1) is 19.7. The van der Waals surface area contributed by atoms with E-state index in [2.05, 4.69) is 10.6 Å². The number of ether oxygens (including phenoxy) is 1. The van der Waals surface area contributed by atoms with Gasteiger partial charge in [-0.1, -0.05) is 48.0 Å². The van der Waals surface area contributed by atoms with E-state index >= 15 is 0 Å². The van der Waals surface area contributed by atoms with Crippen molar-refractivity contribution in [2.24, 2.45) is 0 Å². The number of rotatable bonds is 4. The normalized spacial score (nSPS) is 13.9. The van der Waals surface area contributed by atoms with Gasteiger partial charge < -0.3 is 15.4 Å². The first-order valence-corrected chi connectivity index (χ1v) is 9.80. The Labute approximate surface area is 179 Å². The molecule has 0 saturated carbocycles. The van der Waals surface area contributed by atoms with E-state index in [1.165, 1.54) is 0 Å². The quantitative estimate of drug-likeness (QED) is 0.589. The molecule has 6 heteroatoms. The maximum atomic E-state index is 12.5. The third-order valence-corrected chi connectivity index (χ3v) is 5.02. The number of carbonyl (C=O) groups excluding carboxylic acids is 2. The molecule has 3 aromatic carbocycles. The standard InChI is InChI=1S/C24H19ClN2O3/c1-15-5-2-3-7-18(15)14-26-23(28)17-9-10-21-20(13-17)27-24(29)22(30-21)12-16-6-4-8-19(25)11-16/h2-13H,14H2,1H3,(H,26,28)(H,27,29). The summed E-state index contributed by atoms with van der Waals surface area (Å²) in [5.41, 5.74) is 3.81. The second kappa shape index (κ2) is 8.43. The molecule has 1 aliphatic heterocycles. The molecule has 0 unspecified atom stereocenters. The molecule has 0 saturated heterocycles. The maximum absolute atomic E-state index is 12.5. The molecule has 0 bridgehead atoms. The number of fused-ring (bicyclic) bond motifs is 1. The van der Waals surface area contributed by atoms with Gasteiger partial charge in [0.05, 0.1) is 5.69 Å². The van der Waals surface area contributed by atoms with Crippen LogP contribution in [0.15, 0.2) is 72.5 Å². The fourth-order valence-electron chi connectivity index (χ4n) is 3.14. The topological polar surface area (TPSA) is 67.4 Å². The largest absolute Gasteiger partial charge is 0.449 e. The molecule has 0 radical (unpaired) electrons. The Kier molecular flexibility index (Phi) is 5.55. The van der Waals surface area contributed by atoms with Gasteiger partial charge in [-0.2, -0.15) is 0 Å². The molecule has 3 aromatic rings. The highest BCUT2D eigenvalue weighted by Crippen LogP contribution is 2.32. The van der Waals surface area contributed by atoms with Crippen LogP contribution in [0.1, 0.15) is 27.0 Å². The summed E-state index contributed by atoms with van der Waals surface area (Å²) in [6.07, 6.45) is 1.62. The summed E-state index contributed by atoms with van der Waals surface area (Å²) in [6.45, 7) is 2.43. The molecule has 0 fully saturated rings. The first-order chi connectivity index (χ1) is 14.5. The molecule has 5 nitrogen and oxygen atoms in total. The predicted molar refractivity (Wildman–Crippen MR) is 117 cm³/mol. The van der Waals surface area contributed by atoms with Crippen molar-refractivity contribution in [3.8, 4) is 5.75 Å². The first-order valence-electron chi connectivity index (χ1n) is 9.43. The number of anilines is 1. The summed E-state index contributed by atoms with van der Waals surface area (Å²) in [5, 5.41) is 6.25. The minimum atomic E-state index is -0.389. The summed E-state index contributed by atoms with van der Waals surface area (Å²) in [7, 11) is 0. The molecule has 0 aliphatic carbocycles. The number of nitrogens with one attached hydrogen (secondary N) is 2. The van der Waals surface area contributed by atoms with Gasteiger partial charge >= 0.3 is 0 Å². The predicted octanol–water partition coefficient (Wildman–Crippen LogP) is 4.95. The van der Waals surface area contributed by atoms with Gasteiger partial charge in [0, 0.05) is 17.1 Å². The number of hydrogen-bond acceptors (Lipinski definition) is 3. The van der Waals surface area contributed by atoms with Crippen LogP contribution in [0.3, 0.4) is 0 Å². The number of carbonyl (C=O) groups is 2. The zero-order valence-electron chi connectivity index (χ0n) is 16.2. The number of benzene rings is 3. The van der Waals surface area contributed by atoms with Crippen LogP contribution in [-0.2, 0) is 11.3 Å². The SMILES string of the molecule is Cc1ccccc1CNC(=O)c1ccc2c(c1)NC(=O)C(=Cc1cccc(Cl)c1)O2. The number of amides is 2. The molecule has 2 amide bonds. The van der Waals surface area contributed by atoms with Gasteiger partial charge in [0.15, 0.2) is 11.5 Å². The van der Waals surface area contributed by atoms with Gasteiger partial charge in [0.25, 0.3) is 11.8 Å². The fraction of sp³-hybridized carbons (Fsp3) is 0.0833. The van der Waals surface area contributed by atoms with Crippen LogP contribution in [0.2, 0.25) is 5.02 Å². The van der Waals surface area contributed by atoms with Gasteiger partial charge in [0.1, 0.15) is 0 Å². The minimum absolute atomic E-state index is 0.154. The van der Waals surface area contributed by atoms with Gasteiger partial charge in [0.2, 0.25) is 0 Å². The van der Waals surface area contributed by atoms with Crippen LogP contribution < -0.4 is 15.4 Å². The Morgan fingerprint density at radius 2 is 1.93 bits per heavy atom. The van der Waals surface area contributed by atoms with E-state index in [0.29, 0.717) is 28.6 Å². The van der Waals surface area contributed by atoms with Crippen molar-refractivity contribution < 1.29 is 14.3 Å². The van der Waals surface area contributed by atoms with Crippen LogP contribution in [0.5, 0.6) is 5.75 Å². The third kappa shape index (κ3) is 4.36. The maximum Gasteiger partial charge on any atom is 0.291 e. The summed E-state index contributed by atoms with van der Waals surface area (Å²) in [6, 6.07) is 19.9. The van der Waals surface area contributed by atoms with Crippen molar-refractivity contribution in [3.05, 3.63) is 99.8 Å². The molecule has 1 aliphatic rings. The summed E-state index contributed by atoms with van der Waals surface area (Å²) in [5.74, 6) is 0.00960. The monoisotopic (exact) mass is 418 g/mol. The average Bonchev–Trinajstić information content (AvgIpc) is 2.73. The number of halogens is 1. The van der Waals surface area contributed by atoms with Gasteiger partial charge in [-0.05, 0) is 60.0 Å². The second-order valence-corrected chi connectivity index (χ2v) is 7.38. The van der Waals surface area contributed by atoms with E-state index in [-0.39, 0.29) is 17.6 Å². The molecule has 2 N–H and O–H groups in total. The lowest BCUT2D eigenvalue weighted by atomic mass is 10.1. The molecular formula is C24H19ClN2O3. The highest BCUT2D eigenvalue weighted by molar-refractivity contribution is 6.30. The lowest BCUT2D eigenvalue weighted by molar-refractivity contribution is -0.115. The molecule has 1 heterocycles. The van der Waals surface area contributed by atoms with Crippen LogP contribution in [0.4, 0.5) is 5.69 Å². The lowest BCUT2D eigenvalue weighted by Crippen LogP contribution is -2.26. The molecule has 0 aromatic heterocycles. The zero-order chi connectivity index (χ0) is 21.1. The van der Waals surface area contributed by atoms with Gasteiger partial charge in [-0.15, -0.1) is 0 Å². The third-order valence-electron chi connectivity index (χ3n) is 4.78. The molecule has 30 heavy (non-hydrogen) atoms. The summed E-state index contributed by atoms with van der Waals surface area (Å²) >= 11 is 5.99. The zero-order valence-corrected chi connectivity index (χ0v) is 17.0. The molecule has 4 rings (SSSR count). The summed E-state index contributed by atoms with van der Waals surface area (Å²) in [4.78, 5) is 25.0. The molecule has 0 atom stereocenters. The lowest BCUT2D eigenvalue weighted by Gasteiger charge is -2.20. The molecular weight excluding hydrogens is 400 g/mol.